The Hall–Kier alpha value is -1.22. The van der Waals surface area contributed by atoms with Gasteiger partial charge < -0.3 is 14.2 Å². The van der Waals surface area contributed by atoms with Crippen molar-refractivity contribution in [3.63, 3.8) is 0 Å². The van der Waals surface area contributed by atoms with Gasteiger partial charge in [0, 0.05) is 0 Å². The fourth-order valence-corrected chi connectivity index (χ4v) is 1.40. The van der Waals surface area contributed by atoms with E-state index in [4.69, 9.17) is 14.2 Å². The first-order valence-electron chi connectivity index (χ1n) is 5.24. The maximum absolute atomic E-state index is 5.60. The molecule has 0 saturated carbocycles. The van der Waals surface area contributed by atoms with Crippen LogP contribution in [0.2, 0.25) is 0 Å². The second-order valence-corrected chi connectivity index (χ2v) is 3.61. The summed E-state index contributed by atoms with van der Waals surface area (Å²) in [6.45, 7) is 3.55. The first kappa shape index (κ1) is 10.3. The number of epoxide rings is 1. The van der Waals surface area contributed by atoms with E-state index in [1.54, 1.807) is 7.11 Å². The lowest BCUT2D eigenvalue weighted by molar-refractivity contribution is 0.252. The van der Waals surface area contributed by atoms with Crippen molar-refractivity contribution in [2.24, 2.45) is 0 Å². The van der Waals surface area contributed by atoms with Crippen LogP contribution in [0.5, 0.6) is 11.5 Å². The molecule has 1 unspecified atom stereocenters. The van der Waals surface area contributed by atoms with Gasteiger partial charge in [-0.2, -0.15) is 0 Å². The standard InChI is InChI=1S/C12H16O3/c1-3-9-4-5-11(12(6-9)13-2)15-8-10-7-14-10/h4-6,10H,3,7-8H2,1-2H3. The topological polar surface area (TPSA) is 31.0 Å². The molecule has 0 spiro atoms. The first-order valence-corrected chi connectivity index (χ1v) is 5.24. The van der Waals surface area contributed by atoms with E-state index in [0.29, 0.717) is 6.61 Å². The van der Waals surface area contributed by atoms with Crippen molar-refractivity contribution in [1.82, 2.24) is 0 Å². The van der Waals surface area contributed by atoms with E-state index in [1.165, 1.54) is 5.56 Å². The van der Waals surface area contributed by atoms with E-state index in [2.05, 4.69) is 13.0 Å². The molecule has 1 aromatic carbocycles. The van der Waals surface area contributed by atoms with Crippen LogP contribution in [0, 0.1) is 0 Å². The lowest BCUT2D eigenvalue weighted by atomic mass is 10.1. The maximum atomic E-state index is 5.60. The fourth-order valence-electron chi connectivity index (χ4n) is 1.40. The number of hydrogen-bond acceptors (Lipinski definition) is 3. The third-order valence-corrected chi connectivity index (χ3v) is 2.46. The third kappa shape index (κ3) is 2.63. The summed E-state index contributed by atoms with van der Waals surface area (Å²) >= 11 is 0. The van der Waals surface area contributed by atoms with Gasteiger partial charge in [0.15, 0.2) is 11.5 Å². The molecular formula is C12H16O3. The van der Waals surface area contributed by atoms with Gasteiger partial charge >= 0.3 is 0 Å². The smallest absolute Gasteiger partial charge is 0.161 e. The molecule has 0 N–H and O–H groups in total. The lowest BCUT2D eigenvalue weighted by Gasteiger charge is -2.10. The number of methoxy groups -OCH3 is 1. The molecule has 1 atom stereocenters. The predicted octanol–water partition coefficient (Wildman–Crippen LogP) is 2.04. The minimum atomic E-state index is 0.278. The van der Waals surface area contributed by atoms with Crippen LogP contribution in [-0.2, 0) is 11.2 Å². The van der Waals surface area contributed by atoms with Gasteiger partial charge in [0.25, 0.3) is 0 Å². The molecule has 1 aromatic rings. The number of aryl methyl sites for hydroxylation is 1. The molecule has 15 heavy (non-hydrogen) atoms. The second kappa shape index (κ2) is 4.53. The molecule has 82 valence electrons. The summed E-state index contributed by atoms with van der Waals surface area (Å²) in [5.41, 5.74) is 1.25. The van der Waals surface area contributed by atoms with Crippen molar-refractivity contribution in [1.29, 1.82) is 0 Å². The molecule has 1 fully saturated rings. The van der Waals surface area contributed by atoms with Crippen molar-refractivity contribution in [3.8, 4) is 11.5 Å². The molecule has 1 aliphatic rings. The van der Waals surface area contributed by atoms with Crippen LogP contribution in [0.25, 0.3) is 0 Å². The molecule has 3 heteroatoms. The molecule has 1 aliphatic heterocycles. The van der Waals surface area contributed by atoms with E-state index in [-0.39, 0.29) is 6.10 Å². The molecule has 0 aliphatic carbocycles. The van der Waals surface area contributed by atoms with E-state index < -0.39 is 0 Å². The van der Waals surface area contributed by atoms with Crippen molar-refractivity contribution in [2.75, 3.05) is 20.3 Å². The monoisotopic (exact) mass is 208 g/mol. The fraction of sp³-hybridized carbons (Fsp3) is 0.500. The molecule has 0 aromatic heterocycles. The van der Waals surface area contributed by atoms with Gasteiger partial charge in [0.1, 0.15) is 12.7 Å². The van der Waals surface area contributed by atoms with Crippen LogP contribution in [0.4, 0.5) is 0 Å². The van der Waals surface area contributed by atoms with Gasteiger partial charge in [-0.3, -0.25) is 0 Å². The van der Waals surface area contributed by atoms with Gasteiger partial charge in [0.05, 0.1) is 13.7 Å². The highest BCUT2D eigenvalue weighted by molar-refractivity contribution is 5.42. The first-order chi connectivity index (χ1) is 7.33. The number of hydrogen-bond donors (Lipinski definition) is 0. The lowest BCUT2D eigenvalue weighted by Crippen LogP contribution is -2.05. The Balaban J connectivity index is 2.06. The normalized spacial score (nSPS) is 18.7. The molecular weight excluding hydrogens is 192 g/mol. The van der Waals surface area contributed by atoms with Crippen LogP contribution >= 0.6 is 0 Å². The molecule has 1 heterocycles. The molecule has 2 rings (SSSR count). The summed E-state index contributed by atoms with van der Waals surface area (Å²) in [4.78, 5) is 0. The Morgan fingerprint density at radius 3 is 2.80 bits per heavy atom. The highest BCUT2D eigenvalue weighted by Crippen LogP contribution is 2.29. The van der Waals surface area contributed by atoms with Crippen LogP contribution in [0.3, 0.4) is 0 Å². The number of rotatable bonds is 5. The SMILES string of the molecule is CCc1ccc(OCC2CO2)c(OC)c1. The van der Waals surface area contributed by atoms with Crippen LogP contribution in [-0.4, -0.2) is 26.4 Å². The Kier molecular flexibility index (Phi) is 3.11. The van der Waals surface area contributed by atoms with Crippen molar-refractivity contribution in [2.45, 2.75) is 19.4 Å². The summed E-state index contributed by atoms with van der Waals surface area (Å²) in [7, 11) is 1.66. The van der Waals surface area contributed by atoms with E-state index in [9.17, 15) is 0 Å². The molecule has 0 radical (unpaired) electrons. The highest BCUT2D eigenvalue weighted by atomic mass is 16.6. The zero-order chi connectivity index (χ0) is 10.7. The summed E-state index contributed by atoms with van der Waals surface area (Å²) in [5.74, 6) is 1.60. The Morgan fingerprint density at radius 1 is 1.40 bits per heavy atom. The van der Waals surface area contributed by atoms with Gasteiger partial charge in [-0.25, -0.2) is 0 Å². The van der Waals surface area contributed by atoms with E-state index in [0.717, 1.165) is 24.5 Å². The van der Waals surface area contributed by atoms with Gasteiger partial charge in [0.2, 0.25) is 0 Å². The van der Waals surface area contributed by atoms with Gasteiger partial charge in [-0.15, -0.1) is 0 Å². The van der Waals surface area contributed by atoms with E-state index >= 15 is 0 Å². The van der Waals surface area contributed by atoms with Crippen LogP contribution in [0.15, 0.2) is 18.2 Å². The number of benzene rings is 1. The van der Waals surface area contributed by atoms with Crippen molar-refractivity contribution < 1.29 is 14.2 Å². The predicted molar refractivity (Wildman–Crippen MR) is 57.6 cm³/mol. The van der Waals surface area contributed by atoms with Crippen molar-refractivity contribution >= 4 is 0 Å². The zero-order valence-corrected chi connectivity index (χ0v) is 9.16. The zero-order valence-electron chi connectivity index (χ0n) is 9.16. The Bertz CT molecular complexity index is 332. The highest BCUT2D eigenvalue weighted by Gasteiger charge is 2.23. The van der Waals surface area contributed by atoms with Gasteiger partial charge in [-0.05, 0) is 24.1 Å². The third-order valence-electron chi connectivity index (χ3n) is 2.46. The average Bonchev–Trinajstić information content (AvgIpc) is 3.10. The minimum Gasteiger partial charge on any atom is -0.493 e. The van der Waals surface area contributed by atoms with Gasteiger partial charge in [-0.1, -0.05) is 13.0 Å². The maximum Gasteiger partial charge on any atom is 0.161 e. The summed E-state index contributed by atoms with van der Waals surface area (Å²) in [6.07, 6.45) is 1.28. The molecule has 1 saturated heterocycles. The minimum absolute atomic E-state index is 0.278. The van der Waals surface area contributed by atoms with Crippen molar-refractivity contribution in [3.05, 3.63) is 23.8 Å². The van der Waals surface area contributed by atoms with E-state index in [1.807, 2.05) is 12.1 Å². The Morgan fingerprint density at radius 2 is 2.20 bits per heavy atom. The summed E-state index contributed by atoms with van der Waals surface area (Å²) < 4.78 is 16.0. The molecule has 3 nitrogen and oxygen atoms in total. The second-order valence-electron chi connectivity index (χ2n) is 3.61. The molecule has 0 bridgehead atoms. The summed E-state index contributed by atoms with van der Waals surface area (Å²) in [5, 5.41) is 0. The molecule has 0 amide bonds. The largest absolute Gasteiger partial charge is 0.493 e. The van der Waals surface area contributed by atoms with Crippen LogP contribution < -0.4 is 9.47 Å². The average molecular weight is 208 g/mol. The number of ether oxygens (including phenoxy) is 3. The summed E-state index contributed by atoms with van der Waals surface area (Å²) in [6, 6.07) is 6.04. The Labute approximate surface area is 90.0 Å². The van der Waals surface area contributed by atoms with Crippen LogP contribution in [0.1, 0.15) is 12.5 Å². The quantitative estimate of drug-likeness (QED) is 0.694.